The zero-order valence-electron chi connectivity index (χ0n) is 13.1. The number of aromatic nitrogens is 2. The molecular formula is C14H21ClN4OS2. The molecule has 0 saturated heterocycles. The summed E-state index contributed by atoms with van der Waals surface area (Å²) in [6.45, 7) is 6.82. The molecule has 1 atom stereocenters. The molecule has 0 aliphatic rings. The molecule has 1 unspecified atom stereocenters. The van der Waals surface area contributed by atoms with Gasteiger partial charge in [-0.3, -0.25) is 4.79 Å². The normalized spacial score (nSPS) is 12.0. The Balaban J connectivity index is 0.00000242. The molecule has 0 aromatic carbocycles. The first-order chi connectivity index (χ1) is 10.0. The van der Waals surface area contributed by atoms with Gasteiger partial charge in [0.1, 0.15) is 16.2 Å². The van der Waals surface area contributed by atoms with Gasteiger partial charge in [-0.25, -0.2) is 9.97 Å². The molecule has 8 heteroatoms. The molecule has 2 heterocycles. The van der Waals surface area contributed by atoms with Crippen molar-refractivity contribution in [1.29, 1.82) is 0 Å². The molecule has 1 amide bonds. The van der Waals surface area contributed by atoms with Crippen LogP contribution in [0.3, 0.4) is 0 Å². The van der Waals surface area contributed by atoms with Crippen molar-refractivity contribution in [3.05, 3.63) is 16.8 Å². The highest BCUT2D eigenvalue weighted by molar-refractivity contribution is 8.00. The van der Waals surface area contributed by atoms with Crippen LogP contribution in [0, 0.1) is 13.8 Å². The van der Waals surface area contributed by atoms with Crippen LogP contribution in [0.5, 0.6) is 0 Å². The maximum atomic E-state index is 11.9. The molecule has 5 nitrogen and oxygen atoms in total. The number of likely N-dealkylation sites (N-methyl/N-ethyl adjacent to an activating group) is 1. The summed E-state index contributed by atoms with van der Waals surface area (Å²) in [6.07, 6.45) is 1.57. The predicted molar refractivity (Wildman–Crippen MR) is 96.4 cm³/mol. The number of carbonyl (C=O) groups is 1. The minimum atomic E-state index is 0. The van der Waals surface area contributed by atoms with Crippen molar-refractivity contribution in [3.8, 4) is 0 Å². The van der Waals surface area contributed by atoms with Gasteiger partial charge >= 0.3 is 0 Å². The number of thioether (sulfide) groups is 1. The largest absolute Gasteiger partial charge is 0.354 e. The van der Waals surface area contributed by atoms with Crippen molar-refractivity contribution in [2.24, 2.45) is 0 Å². The molecule has 2 rings (SSSR count). The topological polar surface area (TPSA) is 66.9 Å². The Bertz CT molecular complexity index is 647. The summed E-state index contributed by atoms with van der Waals surface area (Å²) in [7, 11) is 1.88. The Hall–Kier alpha value is -0.890. The van der Waals surface area contributed by atoms with Gasteiger partial charge in [-0.15, -0.1) is 23.7 Å². The van der Waals surface area contributed by atoms with Crippen molar-refractivity contribution >= 4 is 51.6 Å². The van der Waals surface area contributed by atoms with Crippen molar-refractivity contribution in [3.63, 3.8) is 0 Å². The van der Waals surface area contributed by atoms with Gasteiger partial charge < -0.3 is 10.6 Å². The van der Waals surface area contributed by atoms with E-state index in [1.54, 1.807) is 17.7 Å². The SMILES string of the molecule is CNC(C)CNC(=O)CSc1ncnc2sc(C)c(C)c12.Cl. The maximum absolute atomic E-state index is 11.9. The lowest BCUT2D eigenvalue weighted by molar-refractivity contribution is -0.118. The molecular weight excluding hydrogens is 340 g/mol. The summed E-state index contributed by atoms with van der Waals surface area (Å²) in [5, 5.41) is 7.97. The number of nitrogens with one attached hydrogen (secondary N) is 2. The molecule has 0 aliphatic carbocycles. The van der Waals surface area contributed by atoms with E-state index in [1.807, 2.05) is 14.0 Å². The second-order valence-corrected chi connectivity index (χ2v) is 7.09. The third-order valence-electron chi connectivity index (χ3n) is 3.37. The molecule has 0 aliphatic heterocycles. The van der Waals surface area contributed by atoms with Crippen LogP contribution in [0.1, 0.15) is 17.4 Å². The number of thiophene rings is 1. The molecule has 2 aromatic rings. The smallest absolute Gasteiger partial charge is 0.230 e. The number of hydrogen-bond acceptors (Lipinski definition) is 6. The first kappa shape index (κ1) is 19.2. The van der Waals surface area contributed by atoms with Crippen LogP contribution in [0.25, 0.3) is 10.2 Å². The quantitative estimate of drug-likeness (QED) is 0.612. The molecule has 22 heavy (non-hydrogen) atoms. The van der Waals surface area contributed by atoms with Gasteiger partial charge in [0.2, 0.25) is 5.91 Å². The lowest BCUT2D eigenvalue weighted by Crippen LogP contribution is -2.37. The van der Waals surface area contributed by atoms with Gasteiger partial charge in [0, 0.05) is 22.8 Å². The summed E-state index contributed by atoms with van der Waals surface area (Å²) in [5.41, 5.74) is 1.21. The molecule has 0 bridgehead atoms. The summed E-state index contributed by atoms with van der Waals surface area (Å²) in [6, 6.07) is 0.270. The Morgan fingerprint density at radius 2 is 2.14 bits per heavy atom. The van der Waals surface area contributed by atoms with Crippen LogP contribution in [-0.4, -0.2) is 41.3 Å². The van der Waals surface area contributed by atoms with Crippen LogP contribution >= 0.6 is 35.5 Å². The first-order valence-corrected chi connectivity index (χ1v) is 8.60. The Labute approximate surface area is 145 Å². The third kappa shape index (κ3) is 4.55. The highest BCUT2D eigenvalue weighted by Crippen LogP contribution is 2.34. The van der Waals surface area contributed by atoms with Crippen LogP contribution < -0.4 is 10.6 Å². The number of halogens is 1. The lowest BCUT2D eigenvalue weighted by Gasteiger charge is -2.11. The molecule has 2 N–H and O–H groups in total. The lowest BCUT2D eigenvalue weighted by atomic mass is 10.2. The third-order valence-corrected chi connectivity index (χ3v) is 5.47. The van der Waals surface area contributed by atoms with E-state index in [4.69, 9.17) is 0 Å². The van der Waals surface area contributed by atoms with E-state index in [1.165, 1.54) is 22.2 Å². The minimum Gasteiger partial charge on any atom is -0.354 e. The molecule has 2 aromatic heterocycles. The number of fused-ring (bicyclic) bond motifs is 1. The van der Waals surface area contributed by atoms with Crippen LogP contribution in [0.15, 0.2) is 11.4 Å². The number of rotatable bonds is 6. The Morgan fingerprint density at radius 3 is 2.82 bits per heavy atom. The monoisotopic (exact) mass is 360 g/mol. The summed E-state index contributed by atoms with van der Waals surface area (Å²) < 4.78 is 0. The van der Waals surface area contributed by atoms with Gasteiger partial charge in [0.15, 0.2) is 0 Å². The fourth-order valence-corrected chi connectivity index (χ4v) is 3.76. The number of nitrogens with zero attached hydrogens (tertiary/aromatic N) is 2. The average molecular weight is 361 g/mol. The van der Waals surface area contributed by atoms with E-state index in [0.717, 1.165) is 15.2 Å². The van der Waals surface area contributed by atoms with E-state index in [2.05, 4.69) is 34.4 Å². The van der Waals surface area contributed by atoms with Gasteiger partial charge in [0.05, 0.1) is 5.75 Å². The van der Waals surface area contributed by atoms with E-state index in [9.17, 15) is 4.79 Å². The summed E-state index contributed by atoms with van der Waals surface area (Å²) in [4.78, 5) is 22.7. The van der Waals surface area contributed by atoms with Crippen molar-refractivity contribution in [1.82, 2.24) is 20.6 Å². The van der Waals surface area contributed by atoms with Gasteiger partial charge in [-0.2, -0.15) is 0 Å². The maximum Gasteiger partial charge on any atom is 0.230 e. The Kier molecular flexibility index (Phi) is 7.55. The van der Waals surface area contributed by atoms with Crippen molar-refractivity contribution in [2.75, 3.05) is 19.3 Å². The summed E-state index contributed by atoms with van der Waals surface area (Å²) >= 11 is 3.14. The molecule has 0 fully saturated rings. The minimum absolute atomic E-state index is 0. The zero-order valence-corrected chi connectivity index (χ0v) is 15.5. The van der Waals surface area contributed by atoms with E-state index >= 15 is 0 Å². The van der Waals surface area contributed by atoms with Gasteiger partial charge in [0.25, 0.3) is 0 Å². The average Bonchev–Trinajstić information content (AvgIpc) is 2.78. The molecule has 0 radical (unpaired) electrons. The fraction of sp³-hybridized carbons (Fsp3) is 0.500. The second-order valence-electron chi connectivity index (χ2n) is 4.92. The number of amides is 1. The molecule has 122 valence electrons. The van der Waals surface area contributed by atoms with Crippen molar-refractivity contribution in [2.45, 2.75) is 31.8 Å². The first-order valence-electron chi connectivity index (χ1n) is 6.80. The summed E-state index contributed by atoms with van der Waals surface area (Å²) in [5.74, 6) is 0.398. The molecule has 0 saturated carbocycles. The van der Waals surface area contributed by atoms with E-state index in [-0.39, 0.29) is 24.4 Å². The van der Waals surface area contributed by atoms with Crippen LogP contribution in [-0.2, 0) is 4.79 Å². The highest BCUT2D eigenvalue weighted by Gasteiger charge is 2.13. The standard InChI is InChI=1S/C14H20N4OS2.ClH/c1-8(15-4)5-16-11(19)6-20-13-12-9(2)10(3)21-14(12)18-7-17-13;/h7-8,15H,5-6H2,1-4H3,(H,16,19);1H. The second kappa shape index (κ2) is 8.67. The number of aryl methyl sites for hydroxylation is 2. The van der Waals surface area contributed by atoms with E-state index in [0.29, 0.717) is 12.3 Å². The fourth-order valence-electron chi connectivity index (χ4n) is 1.81. The van der Waals surface area contributed by atoms with Gasteiger partial charge in [-0.1, -0.05) is 11.8 Å². The number of carbonyl (C=O) groups excluding carboxylic acids is 1. The zero-order chi connectivity index (χ0) is 15.4. The predicted octanol–water partition coefficient (Wildman–Crippen LogP) is 2.55. The van der Waals surface area contributed by atoms with Gasteiger partial charge in [-0.05, 0) is 33.4 Å². The Morgan fingerprint density at radius 1 is 1.41 bits per heavy atom. The van der Waals surface area contributed by atoms with Crippen LogP contribution in [0.2, 0.25) is 0 Å². The highest BCUT2D eigenvalue weighted by atomic mass is 35.5. The molecule has 0 spiro atoms. The number of hydrogen-bond donors (Lipinski definition) is 2. The van der Waals surface area contributed by atoms with Crippen LogP contribution in [0.4, 0.5) is 0 Å². The van der Waals surface area contributed by atoms with Crippen molar-refractivity contribution < 1.29 is 4.79 Å². The van der Waals surface area contributed by atoms with E-state index < -0.39 is 0 Å².